The molecule has 2 N–H and O–H groups in total. The molecule has 3 aromatic rings. The lowest BCUT2D eigenvalue weighted by molar-refractivity contribution is 0.669. The molecule has 5 nitrogen and oxygen atoms in total. The van der Waals surface area contributed by atoms with Gasteiger partial charge in [-0.25, -0.2) is 0 Å². The van der Waals surface area contributed by atoms with E-state index in [0.717, 1.165) is 47.5 Å². The van der Waals surface area contributed by atoms with Gasteiger partial charge in [0.05, 0.1) is 5.69 Å². The van der Waals surface area contributed by atoms with E-state index in [-0.39, 0.29) is 5.56 Å². The molecule has 3 rings (SSSR count). The zero-order chi connectivity index (χ0) is 16.4. The maximum absolute atomic E-state index is 12.4. The van der Waals surface area contributed by atoms with Crippen LogP contribution < -0.4 is 11.3 Å². The standard InChI is InChI=1S/C18H22N4O/c1-3-21-14(8-6-10-19)11-18(23)22-17(21)12-16(20-22)15-9-5-4-7-13(15)2/h4-5,7,9,11-12H,3,6,8,10,19H2,1-2H3. The van der Waals surface area contributed by atoms with E-state index in [2.05, 4.69) is 29.6 Å². The van der Waals surface area contributed by atoms with Gasteiger partial charge < -0.3 is 10.3 Å². The number of aromatic nitrogens is 3. The van der Waals surface area contributed by atoms with E-state index >= 15 is 0 Å². The molecule has 0 aliphatic heterocycles. The Hall–Kier alpha value is -2.40. The van der Waals surface area contributed by atoms with Crippen LogP contribution >= 0.6 is 0 Å². The lowest BCUT2D eigenvalue weighted by atomic mass is 10.1. The second kappa shape index (κ2) is 6.38. The Kier molecular flexibility index (Phi) is 4.30. The Morgan fingerprint density at radius 1 is 1.22 bits per heavy atom. The summed E-state index contributed by atoms with van der Waals surface area (Å²) < 4.78 is 3.64. The predicted octanol–water partition coefficient (Wildman–Crippen LogP) is 2.38. The van der Waals surface area contributed by atoms with E-state index in [1.54, 1.807) is 6.07 Å². The minimum atomic E-state index is -0.0865. The van der Waals surface area contributed by atoms with Gasteiger partial charge in [-0.05, 0) is 38.8 Å². The molecule has 0 aliphatic carbocycles. The molecule has 120 valence electrons. The maximum atomic E-state index is 12.4. The van der Waals surface area contributed by atoms with E-state index in [0.29, 0.717) is 6.54 Å². The van der Waals surface area contributed by atoms with Crippen LogP contribution in [-0.4, -0.2) is 20.7 Å². The van der Waals surface area contributed by atoms with Crippen LogP contribution in [0.5, 0.6) is 0 Å². The fourth-order valence-electron chi connectivity index (χ4n) is 3.00. The highest BCUT2D eigenvalue weighted by Gasteiger charge is 2.13. The molecular weight excluding hydrogens is 288 g/mol. The van der Waals surface area contributed by atoms with Crippen molar-refractivity contribution < 1.29 is 0 Å². The minimum Gasteiger partial charge on any atom is -0.330 e. The zero-order valence-electron chi connectivity index (χ0n) is 13.6. The van der Waals surface area contributed by atoms with Gasteiger partial charge in [-0.1, -0.05) is 24.3 Å². The Morgan fingerprint density at radius 3 is 2.70 bits per heavy atom. The Morgan fingerprint density at radius 2 is 2.00 bits per heavy atom. The van der Waals surface area contributed by atoms with E-state index in [4.69, 9.17) is 5.73 Å². The fraction of sp³-hybridized carbons (Fsp3) is 0.333. The minimum absolute atomic E-state index is 0.0865. The van der Waals surface area contributed by atoms with Crippen LogP contribution in [0.25, 0.3) is 16.9 Å². The van der Waals surface area contributed by atoms with E-state index in [1.807, 2.05) is 24.3 Å². The average molecular weight is 310 g/mol. The van der Waals surface area contributed by atoms with Crippen molar-refractivity contribution in [1.29, 1.82) is 0 Å². The fourth-order valence-corrected chi connectivity index (χ4v) is 3.00. The van der Waals surface area contributed by atoms with E-state index < -0.39 is 0 Å². The predicted molar refractivity (Wildman–Crippen MR) is 92.7 cm³/mol. The van der Waals surface area contributed by atoms with Crippen LogP contribution in [0.4, 0.5) is 0 Å². The number of hydrogen-bond donors (Lipinski definition) is 1. The summed E-state index contributed by atoms with van der Waals surface area (Å²) in [7, 11) is 0. The van der Waals surface area contributed by atoms with Gasteiger partial charge in [-0.15, -0.1) is 0 Å². The van der Waals surface area contributed by atoms with Crippen molar-refractivity contribution in [2.45, 2.75) is 33.2 Å². The van der Waals surface area contributed by atoms with Crippen molar-refractivity contribution in [2.24, 2.45) is 5.73 Å². The van der Waals surface area contributed by atoms with Crippen LogP contribution in [0.2, 0.25) is 0 Å². The summed E-state index contributed by atoms with van der Waals surface area (Å²) in [5.74, 6) is 0. The highest BCUT2D eigenvalue weighted by molar-refractivity contribution is 5.67. The number of benzene rings is 1. The summed E-state index contributed by atoms with van der Waals surface area (Å²) in [5, 5.41) is 4.53. The first-order valence-electron chi connectivity index (χ1n) is 8.04. The lowest BCUT2D eigenvalue weighted by Gasteiger charge is -2.12. The normalized spacial score (nSPS) is 11.3. The van der Waals surface area contributed by atoms with Crippen molar-refractivity contribution in [3.63, 3.8) is 0 Å². The number of rotatable bonds is 5. The number of nitrogens with zero attached hydrogens (tertiary/aromatic N) is 3. The molecule has 0 fully saturated rings. The largest absolute Gasteiger partial charge is 0.330 e. The molecule has 23 heavy (non-hydrogen) atoms. The maximum Gasteiger partial charge on any atom is 0.274 e. The van der Waals surface area contributed by atoms with E-state index in [1.165, 1.54) is 4.52 Å². The van der Waals surface area contributed by atoms with Crippen LogP contribution in [0.3, 0.4) is 0 Å². The second-order valence-electron chi connectivity index (χ2n) is 5.72. The van der Waals surface area contributed by atoms with Gasteiger partial charge in [0.2, 0.25) is 0 Å². The van der Waals surface area contributed by atoms with E-state index in [9.17, 15) is 4.79 Å². The quantitative estimate of drug-likeness (QED) is 0.787. The van der Waals surface area contributed by atoms with Crippen molar-refractivity contribution in [1.82, 2.24) is 14.2 Å². The Bertz CT molecular complexity index is 892. The molecule has 0 atom stereocenters. The summed E-state index contributed by atoms with van der Waals surface area (Å²) in [6.07, 6.45) is 1.68. The summed E-state index contributed by atoms with van der Waals surface area (Å²) in [5.41, 5.74) is 10.4. The molecule has 0 radical (unpaired) electrons. The van der Waals surface area contributed by atoms with Crippen molar-refractivity contribution >= 4 is 5.65 Å². The van der Waals surface area contributed by atoms with Crippen LogP contribution in [0.1, 0.15) is 24.6 Å². The molecule has 0 unspecified atom stereocenters. The third kappa shape index (κ3) is 2.80. The molecule has 2 heterocycles. The molecule has 0 saturated heterocycles. The van der Waals surface area contributed by atoms with Crippen molar-refractivity contribution in [3.8, 4) is 11.3 Å². The number of aryl methyl sites for hydroxylation is 3. The third-order valence-corrected chi connectivity index (χ3v) is 4.19. The molecule has 1 aromatic carbocycles. The molecule has 2 aromatic heterocycles. The lowest BCUT2D eigenvalue weighted by Crippen LogP contribution is -2.21. The van der Waals surface area contributed by atoms with Gasteiger partial charge in [0.25, 0.3) is 5.56 Å². The SMILES string of the molecule is CCn1c(CCCN)cc(=O)n2nc(-c3ccccc3C)cc12. The van der Waals surface area contributed by atoms with Crippen LogP contribution in [0, 0.1) is 6.92 Å². The molecule has 0 spiro atoms. The topological polar surface area (TPSA) is 65.3 Å². The number of fused-ring (bicyclic) bond motifs is 1. The first-order valence-corrected chi connectivity index (χ1v) is 8.04. The van der Waals surface area contributed by atoms with Crippen molar-refractivity contribution in [3.05, 3.63) is 58.0 Å². The number of nitrogens with two attached hydrogens (primary N) is 1. The van der Waals surface area contributed by atoms with Gasteiger partial charge in [0.15, 0.2) is 0 Å². The molecule has 0 bridgehead atoms. The van der Waals surface area contributed by atoms with Gasteiger partial charge >= 0.3 is 0 Å². The first-order chi connectivity index (χ1) is 11.2. The molecule has 0 saturated carbocycles. The Labute approximate surface area is 135 Å². The molecule has 0 aliphatic rings. The average Bonchev–Trinajstić information content (AvgIpc) is 2.99. The summed E-state index contributed by atoms with van der Waals surface area (Å²) in [6.45, 7) is 5.55. The second-order valence-corrected chi connectivity index (χ2v) is 5.72. The van der Waals surface area contributed by atoms with Crippen LogP contribution in [-0.2, 0) is 13.0 Å². The highest BCUT2D eigenvalue weighted by atomic mass is 16.1. The summed E-state index contributed by atoms with van der Waals surface area (Å²) >= 11 is 0. The zero-order valence-corrected chi connectivity index (χ0v) is 13.6. The molecule has 0 amide bonds. The summed E-state index contributed by atoms with van der Waals surface area (Å²) in [6, 6.07) is 11.8. The smallest absolute Gasteiger partial charge is 0.274 e. The van der Waals surface area contributed by atoms with Gasteiger partial charge in [-0.3, -0.25) is 4.79 Å². The van der Waals surface area contributed by atoms with Crippen molar-refractivity contribution in [2.75, 3.05) is 6.54 Å². The highest BCUT2D eigenvalue weighted by Crippen LogP contribution is 2.23. The van der Waals surface area contributed by atoms with Gasteiger partial charge in [0.1, 0.15) is 5.65 Å². The number of hydrogen-bond acceptors (Lipinski definition) is 3. The van der Waals surface area contributed by atoms with Gasteiger partial charge in [0, 0.05) is 29.9 Å². The monoisotopic (exact) mass is 310 g/mol. The Balaban J connectivity index is 2.21. The summed E-state index contributed by atoms with van der Waals surface area (Å²) in [4.78, 5) is 12.4. The van der Waals surface area contributed by atoms with Gasteiger partial charge in [-0.2, -0.15) is 9.61 Å². The molecule has 5 heteroatoms. The third-order valence-electron chi connectivity index (χ3n) is 4.19. The molecular formula is C18H22N4O. The first kappa shape index (κ1) is 15.5. The van der Waals surface area contributed by atoms with Crippen LogP contribution in [0.15, 0.2) is 41.2 Å².